The van der Waals surface area contributed by atoms with Crippen molar-refractivity contribution in [3.8, 4) is 21.8 Å². The fourth-order valence-electron chi connectivity index (χ4n) is 2.38. The Morgan fingerprint density at radius 1 is 1.05 bits per heavy atom. The van der Waals surface area contributed by atoms with E-state index in [2.05, 4.69) is 15.2 Å². The van der Waals surface area contributed by atoms with Gasteiger partial charge in [-0.2, -0.15) is 5.10 Å². The molecule has 0 bridgehead atoms. The number of hydrogen-bond acceptors (Lipinski definition) is 4. The van der Waals surface area contributed by atoms with Crippen molar-refractivity contribution in [2.24, 2.45) is 0 Å². The summed E-state index contributed by atoms with van der Waals surface area (Å²) in [6, 6.07) is 14.1. The number of aromatic nitrogens is 3. The SMILES string of the molecule is Nc1n[nH]c(-c2ccc(F)cc2)c1-c1nc2ccccc2s1. The van der Waals surface area contributed by atoms with E-state index in [4.69, 9.17) is 5.73 Å². The summed E-state index contributed by atoms with van der Waals surface area (Å²) in [6.07, 6.45) is 0. The molecule has 108 valence electrons. The summed E-state index contributed by atoms with van der Waals surface area (Å²) in [5.41, 5.74) is 9.26. The maximum absolute atomic E-state index is 13.1. The van der Waals surface area contributed by atoms with Crippen LogP contribution >= 0.6 is 11.3 Å². The fraction of sp³-hybridized carbons (Fsp3) is 0. The Labute approximate surface area is 129 Å². The van der Waals surface area contributed by atoms with Gasteiger partial charge in [0.05, 0.1) is 21.5 Å². The van der Waals surface area contributed by atoms with Crippen molar-refractivity contribution in [3.63, 3.8) is 0 Å². The van der Waals surface area contributed by atoms with E-state index in [1.165, 1.54) is 12.1 Å². The van der Waals surface area contributed by atoms with Crippen LogP contribution in [0.2, 0.25) is 0 Å². The van der Waals surface area contributed by atoms with Gasteiger partial charge < -0.3 is 5.73 Å². The average molecular weight is 310 g/mol. The zero-order valence-corrected chi connectivity index (χ0v) is 12.2. The molecule has 22 heavy (non-hydrogen) atoms. The van der Waals surface area contributed by atoms with Crippen LogP contribution in [0.15, 0.2) is 48.5 Å². The van der Waals surface area contributed by atoms with Gasteiger partial charge in [0.15, 0.2) is 5.82 Å². The predicted octanol–water partition coefficient (Wildman–Crippen LogP) is 4.07. The normalized spacial score (nSPS) is 11.1. The minimum atomic E-state index is -0.280. The number of benzene rings is 2. The molecular weight excluding hydrogens is 299 g/mol. The van der Waals surface area contributed by atoms with Crippen LogP contribution in [0.5, 0.6) is 0 Å². The van der Waals surface area contributed by atoms with Gasteiger partial charge in [-0.3, -0.25) is 5.10 Å². The number of halogens is 1. The minimum absolute atomic E-state index is 0.280. The maximum atomic E-state index is 13.1. The molecule has 4 aromatic rings. The third kappa shape index (κ3) is 2.05. The molecule has 0 unspecified atom stereocenters. The Balaban J connectivity index is 1.91. The first-order valence-corrected chi connectivity index (χ1v) is 7.50. The van der Waals surface area contributed by atoms with Gasteiger partial charge in [0.1, 0.15) is 10.8 Å². The van der Waals surface area contributed by atoms with Gasteiger partial charge in [0.2, 0.25) is 0 Å². The van der Waals surface area contributed by atoms with Crippen LogP contribution in [-0.2, 0) is 0 Å². The summed E-state index contributed by atoms with van der Waals surface area (Å²) in [7, 11) is 0. The largest absolute Gasteiger partial charge is 0.382 e. The molecule has 3 N–H and O–H groups in total. The zero-order chi connectivity index (χ0) is 15.1. The number of fused-ring (bicyclic) bond motifs is 1. The number of nitrogens with two attached hydrogens (primary N) is 1. The van der Waals surface area contributed by atoms with Crippen molar-refractivity contribution in [3.05, 3.63) is 54.3 Å². The molecule has 0 amide bonds. The highest BCUT2D eigenvalue weighted by Crippen LogP contribution is 2.38. The zero-order valence-electron chi connectivity index (χ0n) is 11.4. The lowest BCUT2D eigenvalue weighted by Crippen LogP contribution is -1.88. The smallest absolute Gasteiger partial charge is 0.156 e. The summed E-state index contributed by atoms with van der Waals surface area (Å²) in [5.74, 6) is 0.108. The second-order valence-electron chi connectivity index (χ2n) is 4.85. The third-order valence-electron chi connectivity index (χ3n) is 3.43. The number of H-pyrrole nitrogens is 1. The van der Waals surface area contributed by atoms with Gasteiger partial charge in [-0.25, -0.2) is 9.37 Å². The lowest BCUT2D eigenvalue weighted by molar-refractivity contribution is 0.628. The topological polar surface area (TPSA) is 67.6 Å². The number of rotatable bonds is 2. The van der Waals surface area contributed by atoms with Crippen LogP contribution in [0.3, 0.4) is 0 Å². The molecule has 0 fully saturated rings. The molecular formula is C16H11FN4S. The van der Waals surface area contributed by atoms with Crippen molar-refractivity contribution in [1.29, 1.82) is 0 Å². The minimum Gasteiger partial charge on any atom is -0.382 e. The molecule has 4 nitrogen and oxygen atoms in total. The molecule has 0 atom stereocenters. The lowest BCUT2D eigenvalue weighted by Gasteiger charge is -2.01. The van der Waals surface area contributed by atoms with Crippen molar-refractivity contribution >= 4 is 27.4 Å². The molecule has 0 spiro atoms. The number of hydrogen-bond donors (Lipinski definition) is 2. The summed E-state index contributed by atoms with van der Waals surface area (Å²) in [5, 5.41) is 7.81. The van der Waals surface area contributed by atoms with Crippen LogP contribution in [0.4, 0.5) is 10.2 Å². The molecule has 0 saturated heterocycles. The van der Waals surface area contributed by atoms with E-state index in [1.807, 2.05) is 24.3 Å². The number of anilines is 1. The quantitative estimate of drug-likeness (QED) is 0.586. The van der Waals surface area contributed by atoms with E-state index in [9.17, 15) is 4.39 Å². The molecule has 2 heterocycles. The number of thiazole rings is 1. The Morgan fingerprint density at radius 3 is 2.59 bits per heavy atom. The Hall–Kier alpha value is -2.73. The summed E-state index contributed by atoms with van der Waals surface area (Å²) in [6.45, 7) is 0. The molecule has 6 heteroatoms. The molecule has 4 rings (SSSR count). The number of nitrogens with one attached hydrogen (secondary N) is 1. The molecule has 2 aromatic carbocycles. The Kier molecular flexibility index (Phi) is 2.90. The van der Waals surface area contributed by atoms with Crippen LogP contribution in [0, 0.1) is 5.82 Å². The van der Waals surface area contributed by atoms with Gasteiger partial charge >= 0.3 is 0 Å². The molecule has 0 aliphatic carbocycles. The van der Waals surface area contributed by atoms with Crippen molar-refractivity contribution in [2.45, 2.75) is 0 Å². The highest BCUT2D eigenvalue weighted by atomic mass is 32.1. The highest BCUT2D eigenvalue weighted by Gasteiger charge is 2.18. The van der Waals surface area contributed by atoms with Crippen LogP contribution < -0.4 is 5.73 Å². The van der Waals surface area contributed by atoms with Crippen molar-refractivity contribution in [2.75, 3.05) is 5.73 Å². The second-order valence-corrected chi connectivity index (χ2v) is 5.88. The van der Waals surface area contributed by atoms with E-state index in [1.54, 1.807) is 23.5 Å². The van der Waals surface area contributed by atoms with Crippen molar-refractivity contribution in [1.82, 2.24) is 15.2 Å². The van der Waals surface area contributed by atoms with Gasteiger partial charge in [-0.15, -0.1) is 11.3 Å². The van der Waals surface area contributed by atoms with Gasteiger partial charge in [-0.1, -0.05) is 12.1 Å². The first-order valence-electron chi connectivity index (χ1n) is 6.68. The maximum Gasteiger partial charge on any atom is 0.156 e. The number of para-hydroxylation sites is 1. The molecule has 0 radical (unpaired) electrons. The van der Waals surface area contributed by atoms with Gasteiger partial charge in [-0.05, 0) is 36.4 Å². The lowest BCUT2D eigenvalue weighted by atomic mass is 10.1. The predicted molar refractivity (Wildman–Crippen MR) is 87.0 cm³/mol. The fourth-order valence-corrected chi connectivity index (χ4v) is 3.40. The van der Waals surface area contributed by atoms with Gasteiger partial charge in [0.25, 0.3) is 0 Å². The molecule has 2 aromatic heterocycles. The standard InChI is InChI=1S/C16H11FN4S/c17-10-7-5-9(6-8-10)14-13(15(18)21-20-14)16-19-11-3-1-2-4-12(11)22-16/h1-8H,(H3,18,20,21). The molecule has 0 saturated carbocycles. The third-order valence-corrected chi connectivity index (χ3v) is 4.49. The number of aromatic amines is 1. The average Bonchev–Trinajstić information content (AvgIpc) is 3.11. The Bertz CT molecular complexity index is 923. The van der Waals surface area contributed by atoms with E-state index >= 15 is 0 Å². The summed E-state index contributed by atoms with van der Waals surface area (Å²) < 4.78 is 14.2. The number of nitrogen functional groups attached to an aromatic ring is 1. The van der Waals surface area contributed by atoms with Crippen molar-refractivity contribution < 1.29 is 4.39 Å². The van der Waals surface area contributed by atoms with E-state index in [0.29, 0.717) is 5.82 Å². The van der Waals surface area contributed by atoms with Crippen LogP contribution in [0.25, 0.3) is 32.0 Å². The number of nitrogens with zero attached hydrogens (tertiary/aromatic N) is 2. The van der Waals surface area contributed by atoms with Gasteiger partial charge in [0, 0.05) is 5.56 Å². The van der Waals surface area contributed by atoms with E-state index in [-0.39, 0.29) is 5.82 Å². The Morgan fingerprint density at radius 2 is 1.82 bits per heavy atom. The highest BCUT2D eigenvalue weighted by molar-refractivity contribution is 7.21. The monoisotopic (exact) mass is 310 g/mol. The van der Waals surface area contributed by atoms with Crippen LogP contribution in [-0.4, -0.2) is 15.2 Å². The summed E-state index contributed by atoms with van der Waals surface area (Å²) in [4.78, 5) is 4.62. The van der Waals surface area contributed by atoms with E-state index < -0.39 is 0 Å². The first kappa shape index (κ1) is 13.0. The molecule has 0 aliphatic rings. The van der Waals surface area contributed by atoms with Crippen LogP contribution in [0.1, 0.15) is 0 Å². The molecule has 0 aliphatic heterocycles. The first-order chi connectivity index (χ1) is 10.7. The second kappa shape index (κ2) is 4.92. The summed E-state index contributed by atoms with van der Waals surface area (Å²) >= 11 is 1.56. The van der Waals surface area contributed by atoms with E-state index in [0.717, 1.165) is 32.0 Å².